The van der Waals surface area contributed by atoms with E-state index in [-0.39, 0.29) is 0 Å². The fourth-order valence-corrected chi connectivity index (χ4v) is 7.25. The third-order valence-corrected chi connectivity index (χ3v) is 10.4. The maximum Gasteiger partial charge on any atom is 0.0166 e. The highest BCUT2D eigenvalue weighted by Gasteiger charge is 1.98. The highest BCUT2D eigenvalue weighted by molar-refractivity contribution is 8.01. The lowest BCUT2D eigenvalue weighted by Gasteiger charge is -2.05. The molecule has 42 heavy (non-hydrogen) atoms. The Morgan fingerprint density at radius 3 is 0.738 bits per heavy atom. The molecule has 0 aliphatic heterocycles. The van der Waals surface area contributed by atoms with Gasteiger partial charge in [0.05, 0.1) is 0 Å². The van der Waals surface area contributed by atoms with Crippen molar-refractivity contribution in [1.29, 1.82) is 0 Å². The molecule has 0 nitrogen and oxygen atoms in total. The molecule has 1 radical (unpaired) electrons. The Morgan fingerprint density at radius 1 is 0.262 bits per heavy atom. The summed E-state index contributed by atoms with van der Waals surface area (Å²) < 4.78 is 0. The summed E-state index contributed by atoms with van der Waals surface area (Å²) in [7, 11) is 0. The molecule has 0 heterocycles. The zero-order valence-electron chi connectivity index (χ0n) is 29.9. The maximum atomic E-state index is 2.51. The van der Waals surface area contributed by atoms with Crippen LogP contribution in [0, 0.1) is 5.75 Å². The second-order valence-corrected chi connectivity index (χ2v) is 14.9. The van der Waals surface area contributed by atoms with Gasteiger partial charge in [-0.2, -0.15) is 11.8 Å². The number of rotatable bonds is 39. The van der Waals surface area contributed by atoms with Gasteiger partial charge in [-0.05, 0) is 18.6 Å². The first-order valence-electron chi connectivity index (χ1n) is 20.3. The smallest absolute Gasteiger partial charge is 0.0166 e. The molecule has 0 fully saturated rings. The quantitative estimate of drug-likeness (QED) is 0.0626. The summed E-state index contributed by atoms with van der Waals surface area (Å²) in [6.45, 7) is 4.62. The zero-order chi connectivity index (χ0) is 30.3. The molecule has 0 aromatic carbocycles. The number of thioether (sulfide) groups is 1. The fraction of sp³-hybridized carbons (Fsp3) is 0.976. The van der Waals surface area contributed by atoms with Crippen molar-refractivity contribution in [3.8, 4) is 0 Å². The molecule has 0 saturated carbocycles. The summed E-state index contributed by atoms with van der Waals surface area (Å²) in [6, 6.07) is 0. The first kappa shape index (κ1) is 42.3. The fourth-order valence-electron chi connectivity index (χ4n) is 6.38. The zero-order valence-corrected chi connectivity index (χ0v) is 30.7. The summed E-state index contributed by atoms with van der Waals surface area (Å²) in [5.41, 5.74) is 0. The number of hydrogen-bond donors (Lipinski definition) is 0. The second kappa shape index (κ2) is 41.4. The first-order valence-corrected chi connectivity index (χ1v) is 21.4. The highest BCUT2D eigenvalue weighted by Crippen LogP contribution is 2.19. The van der Waals surface area contributed by atoms with E-state index in [1.807, 2.05) is 0 Å². The van der Waals surface area contributed by atoms with Gasteiger partial charge in [-0.3, -0.25) is 0 Å². The third-order valence-electron chi connectivity index (χ3n) is 9.41. The van der Waals surface area contributed by atoms with Crippen LogP contribution < -0.4 is 0 Å². The van der Waals surface area contributed by atoms with Crippen molar-refractivity contribution in [2.45, 2.75) is 251 Å². The van der Waals surface area contributed by atoms with E-state index < -0.39 is 0 Å². The summed E-state index contributed by atoms with van der Waals surface area (Å²) in [6.07, 6.45) is 54.2. The van der Waals surface area contributed by atoms with E-state index in [0.29, 0.717) is 0 Å². The van der Waals surface area contributed by atoms with Crippen LogP contribution in [0.5, 0.6) is 0 Å². The average Bonchev–Trinajstić information content (AvgIpc) is 3.00. The number of hydrogen-bond acceptors (Lipinski definition) is 1. The maximum absolute atomic E-state index is 2.51. The molecule has 1 heteroatoms. The van der Waals surface area contributed by atoms with Crippen LogP contribution in [-0.2, 0) is 0 Å². The van der Waals surface area contributed by atoms with E-state index >= 15 is 0 Å². The van der Waals surface area contributed by atoms with E-state index in [1.54, 1.807) is 0 Å². The van der Waals surface area contributed by atoms with Gasteiger partial charge in [0, 0.05) is 5.75 Å². The molecule has 0 unspecified atom stereocenters. The van der Waals surface area contributed by atoms with Crippen molar-refractivity contribution in [3.63, 3.8) is 0 Å². The van der Waals surface area contributed by atoms with E-state index in [2.05, 4.69) is 31.4 Å². The van der Waals surface area contributed by atoms with Crippen LogP contribution in [0.15, 0.2) is 0 Å². The molecular formula is C41H83S. The Kier molecular flexibility index (Phi) is 41.7. The molecule has 0 aromatic heterocycles. The van der Waals surface area contributed by atoms with Crippen LogP contribution in [0.3, 0.4) is 0 Å². The lowest BCUT2D eigenvalue weighted by molar-refractivity contribution is 0.520. The van der Waals surface area contributed by atoms with Crippen molar-refractivity contribution in [3.05, 3.63) is 5.75 Å². The summed E-state index contributed by atoms with van der Waals surface area (Å²) >= 11 is 2.10. The Bertz CT molecular complexity index is 393. The molecule has 0 atom stereocenters. The van der Waals surface area contributed by atoms with Crippen molar-refractivity contribution in [2.75, 3.05) is 5.75 Å². The van der Waals surface area contributed by atoms with Gasteiger partial charge in [-0.15, -0.1) is 0 Å². The minimum Gasteiger partial charge on any atom is -0.157 e. The molecule has 0 rings (SSSR count). The molecule has 0 aromatic rings. The van der Waals surface area contributed by atoms with Crippen LogP contribution in [0.1, 0.15) is 251 Å². The van der Waals surface area contributed by atoms with Crippen LogP contribution in [-0.4, -0.2) is 5.75 Å². The van der Waals surface area contributed by atoms with Gasteiger partial charge >= 0.3 is 0 Å². The molecule has 0 aliphatic rings. The Morgan fingerprint density at radius 2 is 0.476 bits per heavy atom. The van der Waals surface area contributed by atoms with Crippen molar-refractivity contribution < 1.29 is 0 Å². The Hall–Kier alpha value is 0.350. The molecule has 253 valence electrons. The molecule has 0 spiro atoms. The summed E-state index contributed by atoms with van der Waals surface area (Å²) in [5, 5.41) is 0. The van der Waals surface area contributed by atoms with Gasteiger partial charge in [0.2, 0.25) is 0 Å². The van der Waals surface area contributed by atoms with Gasteiger partial charge in [-0.25, -0.2) is 0 Å². The van der Waals surface area contributed by atoms with Gasteiger partial charge in [-0.1, -0.05) is 239 Å². The molecule has 0 aliphatic carbocycles. The van der Waals surface area contributed by atoms with E-state index in [9.17, 15) is 0 Å². The minimum atomic E-state index is 1.34. The van der Waals surface area contributed by atoms with E-state index in [1.165, 1.54) is 243 Å². The first-order chi connectivity index (χ1) is 20.9. The second-order valence-electron chi connectivity index (χ2n) is 13.8. The van der Waals surface area contributed by atoms with Crippen LogP contribution in [0.2, 0.25) is 0 Å². The topological polar surface area (TPSA) is 0 Å². The molecule has 0 bridgehead atoms. The lowest BCUT2D eigenvalue weighted by Crippen LogP contribution is -1.85. The van der Waals surface area contributed by atoms with E-state index in [0.717, 1.165) is 0 Å². The lowest BCUT2D eigenvalue weighted by atomic mass is 10.0. The molecule has 0 saturated heterocycles. The van der Waals surface area contributed by atoms with Crippen molar-refractivity contribution in [1.82, 2.24) is 0 Å². The van der Waals surface area contributed by atoms with Gasteiger partial charge < -0.3 is 0 Å². The van der Waals surface area contributed by atoms with Crippen molar-refractivity contribution in [2.24, 2.45) is 0 Å². The molecular weight excluding hydrogens is 525 g/mol. The monoisotopic (exact) mass is 608 g/mol. The summed E-state index contributed by atoms with van der Waals surface area (Å²) in [5.74, 6) is 3.87. The SMILES string of the molecule is CCCCCCCCCCCCCCCCCCCCCCC[CH]SCCCCCCCCCCCCCCCCC. The van der Waals surface area contributed by atoms with Gasteiger partial charge in [0.1, 0.15) is 0 Å². The highest BCUT2D eigenvalue weighted by atomic mass is 32.2. The van der Waals surface area contributed by atoms with Crippen LogP contribution in [0.25, 0.3) is 0 Å². The molecule has 0 amide bonds. The Labute approximate surface area is 273 Å². The predicted octanol–water partition coefficient (Wildman–Crippen LogP) is 16.4. The third kappa shape index (κ3) is 40.4. The average molecular weight is 608 g/mol. The predicted molar refractivity (Wildman–Crippen MR) is 199 cm³/mol. The standard InChI is InChI=1S/C41H83S/c1-3-5-7-9-11-13-15-17-19-20-21-22-23-24-25-27-29-31-33-35-37-39-41-42-40-38-36-34-32-30-28-26-18-16-14-12-10-8-6-4-2/h41H,3-40H2,1-2H3. The largest absolute Gasteiger partial charge is 0.157 e. The van der Waals surface area contributed by atoms with Crippen LogP contribution in [0.4, 0.5) is 0 Å². The van der Waals surface area contributed by atoms with Gasteiger partial charge in [0.25, 0.3) is 0 Å². The Balaban J connectivity index is 3.02. The van der Waals surface area contributed by atoms with E-state index in [4.69, 9.17) is 0 Å². The molecule has 0 N–H and O–H groups in total. The number of unbranched alkanes of at least 4 members (excludes halogenated alkanes) is 35. The van der Waals surface area contributed by atoms with Crippen molar-refractivity contribution >= 4 is 11.8 Å². The van der Waals surface area contributed by atoms with Crippen LogP contribution >= 0.6 is 11.8 Å². The van der Waals surface area contributed by atoms with Gasteiger partial charge in [0.15, 0.2) is 0 Å². The summed E-state index contributed by atoms with van der Waals surface area (Å²) in [4.78, 5) is 0. The minimum absolute atomic E-state index is 1.34. The normalized spacial score (nSPS) is 11.6.